The van der Waals surface area contributed by atoms with Crippen molar-refractivity contribution in [2.45, 2.75) is 31.9 Å². The topological polar surface area (TPSA) is 68.3 Å². The number of carbonyl (C=O) groups excluding carboxylic acids is 2. The number of benzene rings is 2. The number of aryl methyl sites for hydroxylation is 1. The van der Waals surface area contributed by atoms with Crippen LogP contribution in [0.1, 0.15) is 39.9 Å². The van der Waals surface area contributed by atoms with Crippen molar-refractivity contribution in [1.82, 2.24) is 10.3 Å². The van der Waals surface area contributed by atoms with Crippen molar-refractivity contribution >= 4 is 23.2 Å². The van der Waals surface area contributed by atoms with E-state index in [2.05, 4.69) is 10.3 Å². The quantitative estimate of drug-likeness (QED) is 0.635. The minimum Gasteiger partial charge on any atom is -0.443 e. The van der Waals surface area contributed by atoms with Gasteiger partial charge in [-0.25, -0.2) is 9.78 Å². The zero-order valence-corrected chi connectivity index (χ0v) is 16.2. The molecule has 0 saturated heterocycles. The van der Waals surface area contributed by atoms with Gasteiger partial charge in [0.1, 0.15) is 9.88 Å². The smallest absolute Gasteiger partial charge is 0.351 e. The summed E-state index contributed by atoms with van der Waals surface area (Å²) in [5.41, 5.74) is 2.20. The van der Waals surface area contributed by atoms with Crippen molar-refractivity contribution in [2.24, 2.45) is 0 Å². The van der Waals surface area contributed by atoms with Crippen LogP contribution in [-0.2, 0) is 9.53 Å². The first-order chi connectivity index (χ1) is 13.6. The second-order valence-electron chi connectivity index (χ2n) is 6.78. The Labute approximate surface area is 167 Å². The van der Waals surface area contributed by atoms with E-state index in [9.17, 15) is 9.59 Å². The molecule has 1 heterocycles. The lowest BCUT2D eigenvalue weighted by Gasteiger charge is -2.17. The Kier molecular flexibility index (Phi) is 5.21. The van der Waals surface area contributed by atoms with Gasteiger partial charge in [-0.15, -0.1) is 11.3 Å². The molecule has 1 saturated carbocycles. The van der Waals surface area contributed by atoms with Gasteiger partial charge in [-0.05, 0) is 19.8 Å². The van der Waals surface area contributed by atoms with Gasteiger partial charge in [-0.3, -0.25) is 4.79 Å². The summed E-state index contributed by atoms with van der Waals surface area (Å²) in [6, 6.07) is 19.0. The molecular weight excluding hydrogens is 372 g/mol. The Morgan fingerprint density at radius 1 is 1.07 bits per heavy atom. The number of nitrogens with one attached hydrogen (secondary N) is 1. The van der Waals surface area contributed by atoms with E-state index < -0.39 is 12.1 Å². The molecule has 0 radical (unpaired) electrons. The molecule has 142 valence electrons. The van der Waals surface area contributed by atoms with Gasteiger partial charge in [0.05, 0.1) is 5.69 Å². The number of ether oxygens (including phenoxy) is 1. The standard InChI is InChI=1S/C22H20N2O3S/c1-14-19(28-21(23-14)16-10-6-3-7-11-16)22(26)27-18(15-8-4-2-5-9-15)20(25)24-17-12-13-17/h2-11,17-18H,12-13H2,1H3,(H,24,25)/t18-/m1/s1. The summed E-state index contributed by atoms with van der Waals surface area (Å²) in [5, 5.41) is 3.68. The summed E-state index contributed by atoms with van der Waals surface area (Å²) in [5.74, 6) is -0.815. The number of aromatic nitrogens is 1. The number of amides is 1. The van der Waals surface area contributed by atoms with Crippen molar-refractivity contribution in [2.75, 3.05) is 0 Å². The summed E-state index contributed by atoms with van der Waals surface area (Å²) in [6.45, 7) is 1.78. The average molecular weight is 392 g/mol. The second-order valence-corrected chi connectivity index (χ2v) is 7.78. The van der Waals surface area contributed by atoms with Crippen molar-refractivity contribution in [3.05, 3.63) is 76.8 Å². The third kappa shape index (κ3) is 4.12. The molecule has 5 nitrogen and oxygen atoms in total. The average Bonchev–Trinajstić information content (AvgIpc) is 3.45. The first-order valence-corrected chi connectivity index (χ1v) is 10.0. The third-order valence-corrected chi connectivity index (χ3v) is 5.68. The van der Waals surface area contributed by atoms with Crippen LogP contribution in [0.4, 0.5) is 0 Å². The lowest BCUT2D eigenvalue weighted by Crippen LogP contribution is -2.33. The first kappa shape index (κ1) is 18.4. The predicted octanol–water partition coefficient (Wildman–Crippen LogP) is 4.30. The Hall–Kier alpha value is -2.99. The highest BCUT2D eigenvalue weighted by Gasteiger charge is 2.32. The van der Waals surface area contributed by atoms with Crippen molar-refractivity contribution in [1.29, 1.82) is 0 Å². The molecule has 1 amide bonds. The number of esters is 1. The molecular formula is C22H20N2O3S. The number of hydrogen-bond donors (Lipinski definition) is 1. The van der Waals surface area contributed by atoms with Crippen LogP contribution < -0.4 is 5.32 Å². The van der Waals surface area contributed by atoms with Gasteiger partial charge in [-0.1, -0.05) is 60.7 Å². The Balaban J connectivity index is 1.57. The molecule has 28 heavy (non-hydrogen) atoms. The fraction of sp³-hybridized carbons (Fsp3) is 0.227. The van der Waals surface area contributed by atoms with E-state index in [4.69, 9.17) is 4.74 Å². The van der Waals surface area contributed by atoms with E-state index >= 15 is 0 Å². The number of rotatable bonds is 6. The van der Waals surface area contributed by atoms with Gasteiger partial charge in [-0.2, -0.15) is 0 Å². The number of hydrogen-bond acceptors (Lipinski definition) is 5. The van der Waals surface area contributed by atoms with Crippen molar-refractivity contribution < 1.29 is 14.3 Å². The molecule has 0 spiro atoms. The minimum absolute atomic E-state index is 0.187. The highest BCUT2D eigenvalue weighted by Crippen LogP contribution is 2.30. The van der Waals surface area contributed by atoms with Crippen LogP contribution in [0.25, 0.3) is 10.6 Å². The van der Waals surface area contributed by atoms with Crippen molar-refractivity contribution in [3.8, 4) is 10.6 Å². The molecule has 1 fully saturated rings. The molecule has 0 bridgehead atoms. The second kappa shape index (κ2) is 7.94. The molecule has 6 heteroatoms. The summed E-state index contributed by atoms with van der Waals surface area (Å²) in [4.78, 5) is 30.5. The summed E-state index contributed by atoms with van der Waals surface area (Å²) in [6.07, 6.45) is 0.960. The normalized spacial score (nSPS) is 14.3. The highest BCUT2D eigenvalue weighted by atomic mass is 32.1. The van der Waals surface area contributed by atoms with Gasteiger partial charge in [0.15, 0.2) is 0 Å². The third-order valence-electron chi connectivity index (χ3n) is 4.49. The fourth-order valence-electron chi connectivity index (χ4n) is 2.86. The number of carbonyl (C=O) groups is 2. The van der Waals surface area contributed by atoms with E-state index in [-0.39, 0.29) is 11.9 Å². The maximum atomic E-state index is 12.9. The van der Waals surface area contributed by atoms with E-state index in [1.165, 1.54) is 11.3 Å². The Morgan fingerprint density at radius 3 is 2.36 bits per heavy atom. The van der Waals surface area contributed by atoms with Gasteiger partial charge < -0.3 is 10.1 Å². The Morgan fingerprint density at radius 2 is 1.71 bits per heavy atom. The van der Waals surface area contributed by atoms with Gasteiger partial charge in [0.25, 0.3) is 5.91 Å². The molecule has 1 aromatic heterocycles. The Bertz CT molecular complexity index is 982. The fourth-order valence-corrected chi connectivity index (χ4v) is 3.81. The monoisotopic (exact) mass is 392 g/mol. The first-order valence-electron chi connectivity index (χ1n) is 9.21. The predicted molar refractivity (Wildman–Crippen MR) is 108 cm³/mol. The maximum absolute atomic E-state index is 12.9. The SMILES string of the molecule is Cc1nc(-c2ccccc2)sc1C(=O)O[C@@H](C(=O)NC1CC1)c1ccccc1. The van der Waals surface area contributed by atoms with Gasteiger partial charge >= 0.3 is 5.97 Å². The molecule has 1 atom stereocenters. The molecule has 0 aliphatic heterocycles. The van der Waals surface area contributed by atoms with Gasteiger partial charge in [0.2, 0.25) is 6.10 Å². The number of nitrogens with zero attached hydrogens (tertiary/aromatic N) is 1. The zero-order chi connectivity index (χ0) is 19.5. The number of thiazole rings is 1. The van der Waals surface area contributed by atoms with Crippen LogP contribution in [0.3, 0.4) is 0 Å². The van der Waals surface area contributed by atoms with E-state index in [0.717, 1.165) is 23.4 Å². The largest absolute Gasteiger partial charge is 0.443 e. The summed E-state index contributed by atoms with van der Waals surface area (Å²) < 4.78 is 5.66. The molecule has 3 aromatic rings. The summed E-state index contributed by atoms with van der Waals surface area (Å²) in [7, 11) is 0. The van der Waals surface area contributed by atoms with E-state index in [1.807, 2.05) is 48.5 Å². The van der Waals surface area contributed by atoms with Crippen molar-refractivity contribution in [3.63, 3.8) is 0 Å². The molecule has 2 aromatic carbocycles. The van der Waals surface area contributed by atoms with Crippen LogP contribution in [0.15, 0.2) is 60.7 Å². The lowest BCUT2D eigenvalue weighted by atomic mass is 10.1. The van der Waals surface area contributed by atoms with Crippen LogP contribution in [0, 0.1) is 6.92 Å². The van der Waals surface area contributed by atoms with Crippen LogP contribution in [0.2, 0.25) is 0 Å². The minimum atomic E-state index is -0.976. The van der Waals surface area contributed by atoms with Gasteiger partial charge in [0, 0.05) is 17.2 Å². The van der Waals surface area contributed by atoms with E-state index in [1.54, 1.807) is 19.1 Å². The van der Waals surface area contributed by atoms with E-state index in [0.29, 0.717) is 16.1 Å². The molecule has 1 N–H and O–H groups in total. The molecule has 1 aliphatic carbocycles. The molecule has 4 rings (SSSR count). The molecule has 1 aliphatic rings. The van der Waals surface area contributed by atoms with Crippen LogP contribution in [0.5, 0.6) is 0 Å². The maximum Gasteiger partial charge on any atom is 0.351 e. The van der Waals surface area contributed by atoms with Crippen LogP contribution in [-0.4, -0.2) is 22.9 Å². The summed E-state index contributed by atoms with van der Waals surface area (Å²) >= 11 is 1.28. The van der Waals surface area contributed by atoms with Crippen LogP contribution >= 0.6 is 11.3 Å². The lowest BCUT2D eigenvalue weighted by molar-refractivity contribution is -0.130. The highest BCUT2D eigenvalue weighted by molar-refractivity contribution is 7.17. The zero-order valence-electron chi connectivity index (χ0n) is 15.4. The molecule has 0 unspecified atom stereocenters.